The number of ether oxygens (including phenoxy) is 1. The molecule has 2 aromatic carbocycles. The Bertz CT molecular complexity index is 1780. The molecule has 1 aliphatic carbocycles. The summed E-state index contributed by atoms with van der Waals surface area (Å²) < 4.78 is 84.0. The zero-order chi connectivity index (χ0) is 31.7. The Balaban J connectivity index is 1.22. The van der Waals surface area contributed by atoms with Crippen LogP contribution < -0.4 is 10.1 Å². The predicted octanol–water partition coefficient (Wildman–Crippen LogP) is 8.52. The van der Waals surface area contributed by atoms with Crippen LogP contribution >= 0.6 is 23.2 Å². The van der Waals surface area contributed by atoms with Gasteiger partial charge in [-0.25, -0.2) is 4.98 Å². The van der Waals surface area contributed by atoms with Gasteiger partial charge < -0.3 is 10.1 Å². The van der Waals surface area contributed by atoms with Crippen LogP contribution in [0.4, 0.5) is 26.3 Å². The fourth-order valence-electron chi connectivity index (χ4n) is 4.24. The topological polar surface area (TPSA) is 64.1 Å². The molecule has 0 saturated heterocycles. The molecule has 2 heterocycles. The molecule has 1 fully saturated rings. The van der Waals surface area contributed by atoms with Crippen LogP contribution in [0.25, 0.3) is 0 Å². The van der Waals surface area contributed by atoms with E-state index in [2.05, 4.69) is 27.1 Å². The first-order chi connectivity index (χ1) is 20.7. The van der Waals surface area contributed by atoms with Gasteiger partial charge in [-0.15, -0.1) is 0 Å². The van der Waals surface area contributed by atoms with Crippen molar-refractivity contribution in [2.24, 2.45) is 0 Å². The van der Waals surface area contributed by atoms with Crippen molar-refractivity contribution in [2.75, 3.05) is 0 Å². The van der Waals surface area contributed by atoms with Gasteiger partial charge in [0.2, 0.25) is 5.88 Å². The van der Waals surface area contributed by atoms with Crippen molar-refractivity contribution >= 4 is 29.1 Å². The van der Waals surface area contributed by atoms with Gasteiger partial charge in [-0.3, -0.25) is 9.78 Å². The normalized spacial score (nSPS) is 13.9. The lowest BCUT2D eigenvalue weighted by Gasteiger charge is -2.19. The van der Waals surface area contributed by atoms with Gasteiger partial charge >= 0.3 is 12.4 Å². The lowest BCUT2D eigenvalue weighted by Crippen LogP contribution is -2.39. The van der Waals surface area contributed by atoms with Gasteiger partial charge in [0.15, 0.2) is 0 Å². The summed E-state index contributed by atoms with van der Waals surface area (Å²) in [5.41, 5.74) is -1.64. The summed E-state index contributed by atoms with van der Waals surface area (Å²) in [6.07, 6.45) is -5.75. The van der Waals surface area contributed by atoms with Crippen molar-refractivity contribution in [3.8, 4) is 23.5 Å². The van der Waals surface area contributed by atoms with Crippen molar-refractivity contribution in [1.29, 1.82) is 0 Å². The molecule has 1 N–H and O–H groups in total. The summed E-state index contributed by atoms with van der Waals surface area (Å²) in [4.78, 5) is 20.8. The van der Waals surface area contributed by atoms with Gasteiger partial charge in [0.25, 0.3) is 5.91 Å². The van der Waals surface area contributed by atoms with Crippen LogP contribution in [-0.2, 0) is 18.8 Å². The van der Waals surface area contributed by atoms with Crippen LogP contribution in [0.15, 0.2) is 73.1 Å². The molecule has 2 aromatic heterocycles. The maximum atomic E-state index is 13.4. The van der Waals surface area contributed by atoms with Crippen LogP contribution in [-0.4, -0.2) is 21.4 Å². The maximum absolute atomic E-state index is 13.4. The number of nitrogens with zero attached hydrogens (tertiary/aromatic N) is 2. The summed E-state index contributed by atoms with van der Waals surface area (Å²) in [6, 6.07) is 13.3. The summed E-state index contributed by atoms with van der Waals surface area (Å²) in [7, 11) is 0. The van der Waals surface area contributed by atoms with E-state index in [0.29, 0.717) is 35.9 Å². The highest BCUT2D eigenvalue weighted by Crippen LogP contribution is 2.41. The van der Waals surface area contributed by atoms with Crippen LogP contribution in [0.2, 0.25) is 10.0 Å². The molecule has 13 heteroatoms. The van der Waals surface area contributed by atoms with E-state index in [4.69, 9.17) is 27.9 Å². The quantitative estimate of drug-likeness (QED) is 0.168. The fourth-order valence-corrected chi connectivity index (χ4v) is 4.67. The molecular weight excluding hydrogens is 631 g/mol. The molecule has 226 valence electrons. The maximum Gasteiger partial charge on any atom is 0.417 e. The molecule has 1 aliphatic rings. The smallest absolute Gasteiger partial charge is 0.417 e. The molecule has 0 bridgehead atoms. The molecular formula is C31H19Cl2F6N3O2. The van der Waals surface area contributed by atoms with Gasteiger partial charge in [0.1, 0.15) is 10.8 Å². The van der Waals surface area contributed by atoms with E-state index in [1.807, 2.05) is 0 Å². The van der Waals surface area contributed by atoms with Crippen molar-refractivity contribution in [3.05, 3.63) is 117 Å². The Labute approximate surface area is 257 Å². The van der Waals surface area contributed by atoms with Crippen molar-refractivity contribution in [3.63, 3.8) is 0 Å². The molecule has 4 aromatic rings. The largest absolute Gasteiger partial charge is 0.438 e. The Morgan fingerprint density at radius 1 is 0.864 bits per heavy atom. The standard InChI is InChI=1S/C31H19Cl2F6N3O2/c32-24-13-19(6-5-18-7-9-21(10-8-18)44-28-25(33)14-20(17-41-28)30(34,35)36)16-40-26(24)15-29(11-12-29)42-27(43)22-3-1-2-4-23(22)31(37,38)39/h1-4,7-10,13-14,16-17H,11-12,15H2,(H,42,43). The van der Waals surface area contributed by atoms with Crippen LogP contribution in [0.3, 0.4) is 0 Å². The lowest BCUT2D eigenvalue weighted by atomic mass is 10.0. The van der Waals surface area contributed by atoms with E-state index < -0.39 is 40.5 Å². The molecule has 5 rings (SSSR count). The summed E-state index contributed by atoms with van der Waals surface area (Å²) in [5.74, 6) is 5.14. The first-order valence-electron chi connectivity index (χ1n) is 12.9. The van der Waals surface area contributed by atoms with E-state index >= 15 is 0 Å². The number of carbonyl (C=O) groups excluding carboxylic acids is 1. The van der Waals surface area contributed by atoms with Crippen molar-refractivity contribution in [2.45, 2.75) is 37.2 Å². The Morgan fingerprint density at radius 2 is 1.55 bits per heavy atom. The van der Waals surface area contributed by atoms with Gasteiger partial charge in [-0.1, -0.05) is 47.2 Å². The molecule has 0 aliphatic heterocycles. The van der Waals surface area contributed by atoms with Gasteiger partial charge in [0.05, 0.1) is 27.4 Å². The molecule has 0 spiro atoms. The molecule has 0 atom stereocenters. The number of pyridine rings is 2. The van der Waals surface area contributed by atoms with Crippen LogP contribution in [0.1, 0.15) is 51.1 Å². The minimum Gasteiger partial charge on any atom is -0.438 e. The minimum absolute atomic E-state index is 0.182. The number of hydrogen-bond donors (Lipinski definition) is 1. The number of carbonyl (C=O) groups is 1. The molecule has 5 nitrogen and oxygen atoms in total. The summed E-state index contributed by atoms with van der Waals surface area (Å²) >= 11 is 12.3. The monoisotopic (exact) mass is 649 g/mol. The molecule has 0 radical (unpaired) electrons. The first kappa shape index (κ1) is 31.2. The third kappa shape index (κ3) is 7.44. The first-order valence-corrected chi connectivity index (χ1v) is 13.6. The van der Waals surface area contributed by atoms with Gasteiger partial charge in [-0.05, 0) is 61.4 Å². The number of benzene rings is 2. The van der Waals surface area contributed by atoms with E-state index in [-0.39, 0.29) is 28.1 Å². The van der Waals surface area contributed by atoms with E-state index in [1.54, 1.807) is 30.3 Å². The third-order valence-corrected chi connectivity index (χ3v) is 7.29. The molecule has 0 unspecified atom stereocenters. The number of alkyl halides is 6. The highest BCUT2D eigenvalue weighted by atomic mass is 35.5. The van der Waals surface area contributed by atoms with E-state index in [1.165, 1.54) is 18.3 Å². The Morgan fingerprint density at radius 3 is 2.16 bits per heavy atom. The number of hydrogen-bond acceptors (Lipinski definition) is 4. The molecule has 1 saturated carbocycles. The highest BCUT2D eigenvalue weighted by molar-refractivity contribution is 6.32. The highest BCUT2D eigenvalue weighted by Gasteiger charge is 2.46. The third-order valence-electron chi connectivity index (χ3n) is 6.69. The fraction of sp³-hybridized carbons (Fsp3) is 0.194. The van der Waals surface area contributed by atoms with Crippen molar-refractivity contribution < 1.29 is 35.9 Å². The number of amides is 1. The van der Waals surface area contributed by atoms with Crippen molar-refractivity contribution in [1.82, 2.24) is 15.3 Å². The average molecular weight is 650 g/mol. The molecule has 44 heavy (non-hydrogen) atoms. The van der Waals surface area contributed by atoms with E-state index in [0.717, 1.165) is 18.2 Å². The van der Waals surface area contributed by atoms with Crippen LogP contribution in [0, 0.1) is 11.8 Å². The number of rotatable bonds is 6. The lowest BCUT2D eigenvalue weighted by molar-refractivity contribution is -0.138. The van der Waals surface area contributed by atoms with E-state index in [9.17, 15) is 31.1 Å². The van der Waals surface area contributed by atoms with Crippen LogP contribution in [0.5, 0.6) is 11.6 Å². The number of halogens is 8. The zero-order valence-electron chi connectivity index (χ0n) is 22.3. The number of nitrogens with one attached hydrogen (secondary N) is 1. The number of aromatic nitrogens is 2. The second-order valence-electron chi connectivity index (χ2n) is 9.99. The summed E-state index contributed by atoms with van der Waals surface area (Å²) in [5, 5.41) is 2.73. The minimum atomic E-state index is -4.66. The Hall–Kier alpha value is -4.27. The second-order valence-corrected chi connectivity index (χ2v) is 10.8. The average Bonchev–Trinajstić information content (AvgIpc) is 3.72. The zero-order valence-corrected chi connectivity index (χ0v) is 23.8. The van der Waals surface area contributed by atoms with Gasteiger partial charge in [0, 0.05) is 35.5 Å². The summed E-state index contributed by atoms with van der Waals surface area (Å²) in [6.45, 7) is 0. The SMILES string of the molecule is O=C(NC1(Cc2ncc(C#Cc3ccc(Oc4ncc(C(F)(F)F)cc4Cl)cc3)cc2Cl)CC1)c1ccccc1C(F)(F)F. The Kier molecular flexibility index (Phi) is 8.51. The predicted molar refractivity (Wildman–Crippen MR) is 151 cm³/mol. The second kappa shape index (κ2) is 12.0. The van der Waals surface area contributed by atoms with Gasteiger partial charge in [-0.2, -0.15) is 26.3 Å². The molecule has 1 amide bonds.